The van der Waals surface area contributed by atoms with Crippen molar-refractivity contribution in [2.75, 3.05) is 20.8 Å². The Balaban J connectivity index is 1.95. The number of carbonyl (C=O) groups excluding carboxylic acids is 1. The molecular weight excluding hydrogens is 370 g/mol. The highest BCUT2D eigenvalue weighted by Gasteiger charge is 2.33. The van der Waals surface area contributed by atoms with Crippen LogP contribution in [0.5, 0.6) is 11.5 Å². The summed E-state index contributed by atoms with van der Waals surface area (Å²) in [5.41, 5.74) is 3.94. The molecule has 1 amide bonds. The molecule has 3 rings (SSSR count). The molecule has 2 aromatic rings. The van der Waals surface area contributed by atoms with E-state index in [0.29, 0.717) is 24.5 Å². The molecule has 0 radical (unpaired) electrons. The van der Waals surface area contributed by atoms with Crippen LogP contribution >= 0.6 is 0 Å². The van der Waals surface area contributed by atoms with Gasteiger partial charge in [0.05, 0.1) is 33.1 Å². The normalized spacial score (nSPS) is 15.6. The van der Waals surface area contributed by atoms with Crippen molar-refractivity contribution in [3.63, 3.8) is 0 Å². The van der Waals surface area contributed by atoms with Gasteiger partial charge in [-0.2, -0.15) is 0 Å². The Morgan fingerprint density at radius 3 is 2.38 bits per heavy atom. The van der Waals surface area contributed by atoms with Gasteiger partial charge in [-0.15, -0.1) is 0 Å². The van der Waals surface area contributed by atoms with Gasteiger partial charge in [0.25, 0.3) is 0 Å². The highest BCUT2D eigenvalue weighted by Crippen LogP contribution is 2.39. The van der Waals surface area contributed by atoms with Crippen molar-refractivity contribution in [1.29, 1.82) is 0 Å². The van der Waals surface area contributed by atoms with Gasteiger partial charge in [0.15, 0.2) is 11.5 Å². The number of carbonyl (C=O) groups is 2. The number of aryl methyl sites for hydroxylation is 1. The average Bonchev–Trinajstić information content (AvgIpc) is 2.72. The Morgan fingerprint density at radius 1 is 1.10 bits per heavy atom. The van der Waals surface area contributed by atoms with Crippen LogP contribution in [0.4, 0.5) is 0 Å². The Kier molecular flexibility index (Phi) is 6.42. The number of methoxy groups -OCH3 is 2. The lowest BCUT2D eigenvalue weighted by Crippen LogP contribution is -2.42. The number of amides is 1. The van der Waals surface area contributed by atoms with Crippen LogP contribution in [-0.2, 0) is 28.9 Å². The molecule has 6 nitrogen and oxygen atoms in total. The van der Waals surface area contributed by atoms with Crippen molar-refractivity contribution in [3.05, 3.63) is 58.7 Å². The highest BCUT2D eigenvalue weighted by atomic mass is 16.5. The highest BCUT2D eigenvalue weighted by molar-refractivity contribution is 5.81. The fourth-order valence-electron chi connectivity index (χ4n) is 4.05. The zero-order valence-electron chi connectivity index (χ0n) is 17.1. The lowest BCUT2D eigenvalue weighted by molar-refractivity contribution is -0.141. The molecule has 1 aliphatic rings. The molecule has 0 aromatic heterocycles. The van der Waals surface area contributed by atoms with Crippen LogP contribution < -0.4 is 9.47 Å². The van der Waals surface area contributed by atoms with E-state index in [4.69, 9.17) is 9.47 Å². The van der Waals surface area contributed by atoms with Gasteiger partial charge in [-0.3, -0.25) is 9.59 Å². The molecule has 29 heavy (non-hydrogen) atoms. The predicted molar refractivity (Wildman–Crippen MR) is 109 cm³/mol. The first kappa shape index (κ1) is 20.7. The molecule has 154 valence electrons. The fraction of sp³-hybridized carbons (Fsp3) is 0.391. The van der Waals surface area contributed by atoms with Gasteiger partial charge in [0, 0.05) is 6.54 Å². The molecule has 1 N–H and O–H groups in total. The monoisotopic (exact) mass is 397 g/mol. The van der Waals surface area contributed by atoms with Crippen LogP contribution in [0.15, 0.2) is 36.4 Å². The number of hydrogen-bond acceptors (Lipinski definition) is 4. The summed E-state index contributed by atoms with van der Waals surface area (Å²) in [5, 5.41) is 9.50. The third kappa shape index (κ3) is 4.36. The second-order valence-electron chi connectivity index (χ2n) is 7.16. The number of benzene rings is 2. The molecular formula is C23H27NO5. The minimum Gasteiger partial charge on any atom is -0.493 e. The zero-order chi connectivity index (χ0) is 21.0. The SMILES string of the molecule is CCc1ccccc1CC(=O)N1CCc2cc(OC)c(OC)cc2C1CC(=O)O. The smallest absolute Gasteiger partial charge is 0.305 e. The maximum absolute atomic E-state index is 13.2. The number of nitrogens with zero attached hydrogens (tertiary/aromatic N) is 1. The number of ether oxygens (including phenoxy) is 2. The van der Waals surface area contributed by atoms with E-state index >= 15 is 0 Å². The van der Waals surface area contributed by atoms with Crippen molar-refractivity contribution >= 4 is 11.9 Å². The van der Waals surface area contributed by atoms with Gasteiger partial charge >= 0.3 is 5.97 Å². The van der Waals surface area contributed by atoms with Crippen LogP contribution in [0.3, 0.4) is 0 Å². The molecule has 0 bridgehead atoms. The quantitative estimate of drug-likeness (QED) is 0.775. The minimum absolute atomic E-state index is 0.0578. The summed E-state index contributed by atoms with van der Waals surface area (Å²) in [6.45, 7) is 2.54. The van der Waals surface area contributed by atoms with Gasteiger partial charge in [0.2, 0.25) is 5.91 Å². The zero-order valence-corrected chi connectivity index (χ0v) is 17.1. The van der Waals surface area contributed by atoms with Crippen molar-refractivity contribution in [3.8, 4) is 11.5 Å². The average molecular weight is 397 g/mol. The number of hydrogen-bond donors (Lipinski definition) is 1. The lowest BCUT2D eigenvalue weighted by Gasteiger charge is -2.37. The summed E-state index contributed by atoms with van der Waals surface area (Å²) in [4.78, 5) is 26.5. The first-order valence-electron chi connectivity index (χ1n) is 9.81. The Hall–Kier alpha value is -3.02. The van der Waals surface area contributed by atoms with E-state index in [1.54, 1.807) is 25.2 Å². The van der Waals surface area contributed by atoms with Gasteiger partial charge in [-0.25, -0.2) is 0 Å². The number of fused-ring (bicyclic) bond motifs is 1. The Bertz CT molecular complexity index is 908. The Labute approximate surface area is 171 Å². The summed E-state index contributed by atoms with van der Waals surface area (Å²) < 4.78 is 10.8. The van der Waals surface area contributed by atoms with E-state index in [2.05, 4.69) is 6.92 Å². The predicted octanol–water partition coefficient (Wildman–Crippen LogP) is 3.41. The lowest BCUT2D eigenvalue weighted by atomic mass is 9.89. The maximum Gasteiger partial charge on any atom is 0.305 e. The van der Waals surface area contributed by atoms with Crippen LogP contribution in [0.1, 0.15) is 41.6 Å². The largest absolute Gasteiger partial charge is 0.493 e. The first-order chi connectivity index (χ1) is 14.0. The summed E-state index contributed by atoms with van der Waals surface area (Å²) in [5.74, 6) is 0.145. The minimum atomic E-state index is -0.940. The van der Waals surface area contributed by atoms with E-state index in [1.165, 1.54) is 0 Å². The van der Waals surface area contributed by atoms with E-state index < -0.39 is 12.0 Å². The molecule has 0 fully saturated rings. The number of carboxylic acids is 1. The van der Waals surface area contributed by atoms with Gasteiger partial charge < -0.3 is 19.5 Å². The molecule has 0 aliphatic carbocycles. The van der Waals surface area contributed by atoms with E-state index in [9.17, 15) is 14.7 Å². The van der Waals surface area contributed by atoms with Crippen molar-refractivity contribution < 1.29 is 24.2 Å². The molecule has 6 heteroatoms. The summed E-state index contributed by atoms with van der Waals surface area (Å²) in [6.07, 6.45) is 1.61. The molecule has 1 heterocycles. The second kappa shape index (κ2) is 8.99. The van der Waals surface area contributed by atoms with Crippen molar-refractivity contribution in [2.24, 2.45) is 0 Å². The summed E-state index contributed by atoms with van der Waals surface area (Å²) in [7, 11) is 3.12. The van der Waals surface area contributed by atoms with Crippen LogP contribution in [-0.4, -0.2) is 42.6 Å². The van der Waals surface area contributed by atoms with Crippen LogP contribution in [0.25, 0.3) is 0 Å². The standard InChI is InChI=1S/C23H27NO5/c1-4-15-7-5-6-8-16(15)12-22(25)24-10-9-17-11-20(28-2)21(29-3)13-18(17)19(24)14-23(26)27/h5-8,11,13,19H,4,9-10,12,14H2,1-3H3,(H,26,27). The van der Waals surface area contributed by atoms with E-state index in [-0.39, 0.29) is 18.7 Å². The van der Waals surface area contributed by atoms with Crippen LogP contribution in [0, 0.1) is 0 Å². The van der Waals surface area contributed by atoms with Crippen LogP contribution in [0.2, 0.25) is 0 Å². The third-order valence-electron chi connectivity index (χ3n) is 5.53. The number of carboxylic acid groups (broad SMARTS) is 1. The molecule has 0 spiro atoms. The third-order valence-corrected chi connectivity index (χ3v) is 5.53. The summed E-state index contributed by atoms with van der Waals surface area (Å²) in [6, 6.07) is 11.1. The number of aliphatic carboxylic acids is 1. The van der Waals surface area contributed by atoms with Gasteiger partial charge in [0.1, 0.15) is 0 Å². The fourth-order valence-corrected chi connectivity index (χ4v) is 4.05. The number of rotatable bonds is 7. The molecule has 1 unspecified atom stereocenters. The van der Waals surface area contributed by atoms with Gasteiger partial charge in [-0.1, -0.05) is 31.2 Å². The molecule has 2 aromatic carbocycles. The maximum atomic E-state index is 13.2. The molecule has 1 atom stereocenters. The van der Waals surface area contributed by atoms with Gasteiger partial charge in [-0.05, 0) is 47.2 Å². The Morgan fingerprint density at radius 2 is 1.76 bits per heavy atom. The molecule has 1 aliphatic heterocycles. The van der Waals surface area contributed by atoms with E-state index in [0.717, 1.165) is 28.7 Å². The molecule has 0 saturated carbocycles. The topological polar surface area (TPSA) is 76.1 Å². The molecule has 0 saturated heterocycles. The first-order valence-corrected chi connectivity index (χ1v) is 9.81. The van der Waals surface area contributed by atoms with Crippen molar-refractivity contribution in [2.45, 2.75) is 38.6 Å². The summed E-state index contributed by atoms with van der Waals surface area (Å²) >= 11 is 0. The second-order valence-corrected chi connectivity index (χ2v) is 7.16. The van der Waals surface area contributed by atoms with E-state index in [1.807, 2.05) is 30.3 Å². The van der Waals surface area contributed by atoms with Crippen molar-refractivity contribution in [1.82, 2.24) is 4.90 Å².